The first-order valence-electron chi connectivity index (χ1n) is 8.98. The number of nitriles is 1. The van der Waals surface area contributed by atoms with E-state index in [-0.39, 0.29) is 6.03 Å². The van der Waals surface area contributed by atoms with Crippen molar-refractivity contribution in [1.29, 1.82) is 5.26 Å². The van der Waals surface area contributed by atoms with Crippen LogP contribution < -0.4 is 15.4 Å². The first-order chi connectivity index (χ1) is 13.7. The zero-order valence-electron chi connectivity index (χ0n) is 15.4. The zero-order valence-corrected chi connectivity index (χ0v) is 16.2. The Morgan fingerprint density at radius 3 is 2.64 bits per heavy atom. The van der Waals surface area contributed by atoms with Crippen LogP contribution in [0.5, 0.6) is 5.75 Å². The Kier molecular flexibility index (Phi) is 7.05. The molecule has 3 aromatic rings. The summed E-state index contributed by atoms with van der Waals surface area (Å²) in [5, 5.41) is 16.5. The maximum absolute atomic E-state index is 12.2. The summed E-state index contributed by atoms with van der Waals surface area (Å²) in [5.41, 5.74) is 2.56. The lowest BCUT2D eigenvalue weighted by atomic mass is 10.1. The third-order valence-corrected chi connectivity index (χ3v) is 5.04. The Morgan fingerprint density at radius 2 is 1.89 bits per heavy atom. The highest BCUT2D eigenvalue weighted by atomic mass is 32.1. The molecule has 2 amide bonds. The van der Waals surface area contributed by atoms with Crippen LogP contribution in [0, 0.1) is 11.3 Å². The summed E-state index contributed by atoms with van der Waals surface area (Å²) in [6, 6.07) is 21.0. The summed E-state index contributed by atoms with van der Waals surface area (Å²) in [5.74, 6) is 0.719. The number of benzene rings is 2. The molecule has 0 radical (unpaired) electrons. The fourth-order valence-corrected chi connectivity index (χ4v) is 3.35. The van der Waals surface area contributed by atoms with Gasteiger partial charge in [-0.1, -0.05) is 36.4 Å². The summed E-state index contributed by atoms with van der Waals surface area (Å²) in [6.45, 7) is 0.920. The molecule has 142 valence electrons. The molecule has 0 aliphatic rings. The topological polar surface area (TPSA) is 74.1 Å². The second kappa shape index (κ2) is 10.1. The number of ether oxygens (including phenoxy) is 1. The fourth-order valence-electron chi connectivity index (χ4n) is 2.64. The highest BCUT2D eigenvalue weighted by Gasteiger charge is 2.07. The van der Waals surface area contributed by atoms with Crippen LogP contribution in [0.15, 0.2) is 66.0 Å². The second-order valence-electron chi connectivity index (χ2n) is 6.13. The van der Waals surface area contributed by atoms with E-state index in [9.17, 15) is 4.79 Å². The average molecular weight is 391 g/mol. The summed E-state index contributed by atoms with van der Waals surface area (Å²) in [6.07, 6.45) is 1.20. The first-order valence-corrected chi connectivity index (χ1v) is 9.86. The average Bonchev–Trinajstić information content (AvgIpc) is 3.22. The number of para-hydroxylation sites is 1. The molecule has 0 aliphatic carbocycles. The largest absolute Gasteiger partial charge is 0.489 e. The number of nitrogens with one attached hydrogen (secondary N) is 2. The Hall–Kier alpha value is -3.30. The van der Waals surface area contributed by atoms with E-state index in [1.165, 1.54) is 4.88 Å². The Labute approximate surface area is 168 Å². The molecule has 0 unspecified atom stereocenters. The van der Waals surface area contributed by atoms with Gasteiger partial charge in [0.2, 0.25) is 0 Å². The molecule has 0 saturated heterocycles. The third kappa shape index (κ3) is 5.86. The monoisotopic (exact) mass is 391 g/mol. The van der Waals surface area contributed by atoms with Gasteiger partial charge in [0.1, 0.15) is 12.4 Å². The molecule has 2 N–H and O–H groups in total. The number of rotatable bonds is 8. The van der Waals surface area contributed by atoms with E-state index in [0.717, 1.165) is 29.0 Å². The maximum atomic E-state index is 12.2. The van der Waals surface area contributed by atoms with E-state index in [1.54, 1.807) is 11.3 Å². The Balaban J connectivity index is 1.52. The molecule has 5 nitrogen and oxygen atoms in total. The van der Waals surface area contributed by atoms with Gasteiger partial charge in [0.15, 0.2) is 0 Å². The highest BCUT2D eigenvalue weighted by molar-refractivity contribution is 7.09. The van der Waals surface area contributed by atoms with Crippen molar-refractivity contribution in [3.05, 3.63) is 82.0 Å². The minimum absolute atomic E-state index is 0.232. The number of anilines is 1. The van der Waals surface area contributed by atoms with Crippen LogP contribution in [-0.4, -0.2) is 12.6 Å². The summed E-state index contributed by atoms with van der Waals surface area (Å²) >= 11 is 1.68. The predicted molar refractivity (Wildman–Crippen MR) is 112 cm³/mol. The third-order valence-electron chi connectivity index (χ3n) is 4.10. The lowest BCUT2D eigenvalue weighted by molar-refractivity contribution is 0.252. The molecule has 0 bridgehead atoms. The number of nitrogens with zero attached hydrogens (tertiary/aromatic N) is 1. The summed E-state index contributed by atoms with van der Waals surface area (Å²) in [4.78, 5) is 13.4. The zero-order chi connectivity index (χ0) is 19.6. The molecule has 0 atom stereocenters. The van der Waals surface area contributed by atoms with Crippen LogP contribution >= 0.6 is 11.3 Å². The lowest BCUT2D eigenvalue weighted by Gasteiger charge is -2.13. The van der Waals surface area contributed by atoms with Gasteiger partial charge in [0, 0.05) is 22.7 Å². The van der Waals surface area contributed by atoms with Gasteiger partial charge < -0.3 is 15.4 Å². The molecule has 0 aliphatic heterocycles. The van der Waals surface area contributed by atoms with Crippen LogP contribution in [0.25, 0.3) is 0 Å². The SMILES string of the molecule is N#CCc1ccc(OCc2ccccc2NC(=O)NCCc2cccs2)cc1. The van der Waals surface area contributed by atoms with Crippen molar-refractivity contribution in [2.75, 3.05) is 11.9 Å². The number of amides is 2. The smallest absolute Gasteiger partial charge is 0.319 e. The van der Waals surface area contributed by atoms with Crippen LogP contribution in [-0.2, 0) is 19.4 Å². The van der Waals surface area contributed by atoms with Crippen LogP contribution in [0.1, 0.15) is 16.0 Å². The van der Waals surface area contributed by atoms with Crippen molar-refractivity contribution in [1.82, 2.24) is 5.32 Å². The first kappa shape index (κ1) is 19.5. The number of hydrogen-bond acceptors (Lipinski definition) is 4. The molecule has 0 fully saturated rings. The van der Waals surface area contributed by atoms with Gasteiger partial charge in [-0.15, -0.1) is 11.3 Å². The molecule has 1 heterocycles. The molecule has 28 heavy (non-hydrogen) atoms. The standard InChI is InChI=1S/C22H21N3O2S/c23-13-11-17-7-9-19(10-8-17)27-16-18-4-1-2-6-21(18)25-22(26)24-14-12-20-5-3-15-28-20/h1-10,15H,11-12,14,16H2,(H2,24,25,26). The minimum atomic E-state index is -0.232. The predicted octanol–water partition coefficient (Wildman–Crippen LogP) is 4.76. The lowest BCUT2D eigenvalue weighted by Crippen LogP contribution is -2.30. The van der Waals surface area contributed by atoms with E-state index in [0.29, 0.717) is 19.6 Å². The molecule has 1 aromatic heterocycles. The molecule has 0 saturated carbocycles. The van der Waals surface area contributed by atoms with Gasteiger partial charge in [-0.05, 0) is 41.6 Å². The van der Waals surface area contributed by atoms with Crippen molar-refractivity contribution >= 4 is 23.1 Å². The van der Waals surface area contributed by atoms with Crippen molar-refractivity contribution in [2.45, 2.75) is 19.4 Å². The van der Waals surface area contributed by atoms with Crippen LogP contribution in [0.2, 0.25) is 0 Å². The van der Waals surface area contributed by atoms with Crippen LogP contribution in [0.3, 0.4) is 0 Å². The highest BCUT2D eigenvalue weighted by Crippen LogP contribution is 2.19. The fraction of sp³-hybridized carbons (Fsp3) is 0.182. The van der Waals surface area contributed by atoms with Crippen molar-refractivity contribution < 1.29 is 9.53 Å². The molecule has 3 rings (SSSR count). The minimum Gasteiger partial charge on any atom is -0.489 e. The number of thiophene rings is 1. The summed E-state index contributed by atoms with van der Waals surface area (Å²) in [7, 11) is 0. The molecule has 6 heteroatoms. The van der Waals surface area contributed by atoms with E-state index in [2.05, 4.69) is 22.8 Å². The second-order valence-corrected chi connectivity index (χ2v) is 7.17. The van der Waals surface area contributed by atoms with Crippen LogP contribution in [0.4, 0.5) is 10.5 Å². The number of carbonyl (C=O) groups excluding carboxylic acids is 1. The number of urea groups is 1. The number of hydrogen-bond donors (Lipinski definition) is 2. The normalized spacial score (nSPS) is 10.1. The van der Waals surface area contributed by atoms with Gasteiger partial charge in [0.25, 0.3) is 0 Å². The maximum Gasteiger partial charge on any atom is 0.319 e. The Bertz CT molecular complexity index is 931. The van der Waals surface area contributed by atoms with Crippen molar-refractivity contribution in [3.8, 4) is 11.8 Å². The van der Waals surface area contributed by atoms with Gasteiger partial charge in [-0.2, -0.15) is 5.26 Å². The molecular formula is C22H21N3O2S. The summed E-state index contributed by atoms with van der Waals surface area (Å²) < 4.78 is 5.82. The molecule has 2 aromatic carbocycles. The van der Waals surface area contributed by atoms with Gasteiger partial charge in [-0.25, -0.2) is 4.79 Å². The quantitative estimate of drug-likeness (QED) is 0.581. The van der Waals surface area contributed by atoms with Gasteiger partial charge >= 0.3 is 6.03 Å². The molecule has 0 spiro atoms. The Morgan fingerprint density at radius 1 is 1.07 bits per heavy atom. The van der Waals surface area contributed by atoms with E-state index < -0.39 is 0 Å². The van der Waals surface area contributed by atoms with Gasteiger partial charge in [0.05, 0.1) is 12.5 Å². The van der Waals surface area contributed by atoms with Crippen molar-refractivity contribution in [2.24, 2.45) is 0 Å². The number of carbonyl (C=O) groups is 1. The van der Waals surface area contributed by atoms with E-state index >= 15 is 0 Å². The molecular weight excluding hydrogens is 370 g/mol. The van der Waals surface area contributed by atoms with E-state index in [4.69, 9.17) is 10.00 Å². The van der Waals surface area contributed by atoms with Crippen molar-refractivity contribution in [3.63, 3.8) is 0 Å². The van der Waals surface area contributed by atoms with Gasteiger partial charge in [-0.3, -0.25) is 0 Å². The van der Waals surface area contributed by atoms with E-state index in [1.807, 2.05) is 60.0 Å².